The Morgan fingerprint density at radius 2 is 0.677 bits per heavy atom. The second-order valence-electron chi connectivity index (χ2n) is 27.5. The molecule has 3 heterocycles. The quantitative estimate of drug-likeness (QED) is 0.0199. The summed E-state index contributed by atoms with van der Waals surface area (Å²) in [4.78, 5) is 13.4. The van der Waals surface area contributed by atoms with Gasteiger partial charge in [-0.3, -0.25) is 4.79 Å². The molecule has 17 atom stereocenters. The number of unbranched alkanes of at least 4 members (excludes halogenated alkanes) is 42. The van der Waals surface area contributed by atoms with Gasteiger partial charge in [0.25, 0.3) is 0 Å². The Kier molecular flexibility index (Phi) is 51.5. The van der Waals surface area contributed by atoms with Crippen LogP contribution in [0.15, 0.2) is 24.3 Å². The molecule has 0 aromatic rings. The lowest BCUT2D eigenvalue weighted by atomic mass is 9.96. The molecule has 0 spiro atoms. The number of carbonyl (C=O) groups is 1. The lowest BCUT2D eigenvalue weighted by Crippen LogP contribution is -2.66. The molecule has 12 N–H and O–H groups in total. The van der Waals surface area contributed by atoms with Crippen molar-refractivity contribution in [3.05, 3.63) is 24.3 Å². The van der Waals surface area contributed by atoms with Crippen molar-refractivity contribution >= 4 is 5.91 Å². The highest BCUT2D eigenvalue weighted by molar-refractivity contribution is 5.76. The van der Waals surface area contributed by atoms with Crippen molar-refractivity contribution < 1.29 is 89.4 Å². The number of hydrogen-bond donors (Lipinski definition) is 12. The predicted octanol–water partition coefficient (Wildman–Crippen LogP) is 11.4. The number of hydrogen-bond acceptors (Lipinski definition) is 18. The lowest BCUT2D eigenvalue weighted by molar-refractivity contribution is -0.379. The first-order chi connectivity index (χ1) is 45.3. The Balaban J connectivity index is 1.25. The molecule has 19 nitrogen and oxygen atoms in total. The van der Waals surface area contributed by atoms with E-state index in [9.17, 15) is 61.0 Å². The molecule has 0 aromatic heterocycles. The molecule has 93 heavy (non-hydrogen) atoms. The van der Waals surface area contributed by atoms with Crippen LogP contribution in [0.2, 0.25) is 0 Å². The number of amides is 1. The summed E-state index contributed by atoms with van der Waals surface area (Å²) in [5, 5.41) is 120. The van der Waals surface area contributed by atoms with Crippen LogP contribution in [0.4, 0.5) is 0 Å². The third-order valence-corrected chi connectivity index (χ3v) is 19.2. The SMILES string of the molecule is CCCCCCCCC/C=C/C(O)C(COC1OC(CO)C(OC2OC(CO)C(OC3OC(CO)C(O)C(O)C3O)C(O)C2O)C(O)C1O)NC(=O)CCCCCCCCCCCCCCCCCCCCCCCCCCCCC/C=C\CCCCCCCCCC. The number of aliphatic hydroxyl groups is 11. The van der Waals surface area contributed by atoms with Crippen molar-refractivity contribution in [3.63, 3.8) is 0 Å². The summed E-state index contributed by atoms with van der Waals surface area (Å²) < 4.78 is 34.3. The third-order valence-electron chi connectivity index (χ3n) is 19.2. The molecule has 3 rings (SSSR count). The Morgan fingerprint density at radius 1 is 0.376 bits per heavy atom. The van der Waals surface area contributed by atoms with Crippen LogP contribution < -0.4 is 5.32 Å². The van der Waals surface area contributed by atoms with Crippen LogP contribution in [0.25, 0.3) is 0 Å². The van der Waals surface area contributed by atoms with Gasteiger partial charge in [-0.25, -0.2) is 0 Å². The van der Waals surface area contributed by atoms with Crippen molar-refractivity contribution in [2.45, 2.75) is 413 Å². The molecule has 0 aromatic carbocycles. The van der Waals surface area contributed by atoms with E-state index in [0.29, 0.717) is 6.42 Å². The maximum Gasteiger partial charge on any atom is 0.220 e. The first-order valence-corrected chi connectivity index (χ1v) is 38.1. The molecular formula is C74H139NO18. The molecule has 3 fully saturated rings. The maximum atomic E-state index is 13.4. The van der Waals surface area contributed by atoms with Crippen molar-refractivity contribution in [3.8, 4) is 0 Å². The highest BCUT2D eigenvalue weighted by Gasteiger charge is 2.53. The second-order valence-corrected chi connectivity index (χ2v) is 27.5. The van der Waals surface area contributed by atoms with E-state index in [1.165, 1.54) is 238 Å². The summed E-state index contributed by atoms with van der Waals surface area (Å²) in [6, 6.07) is -0.968. The molecule has 3 saturated heterocycles. The standard InChI is InChI=1S/C74H139NO18/c1-3-5-7-9-11-13-14-15-16-17-18-19-20-21-22-23-24-25-26-27-28-29-30-31-32-33-34-35-36-37-38-39-40-41-42-44-46-48-50-52-62(80)75-57(58(79)51-49-47-45-43-12-10-8-6-4-2)56-88-72-68(86)65(83)70(60(54-77)90-72)93-74-69(87)66(84)71(61(55-78)91-74)92-73-67(85)64(82)63(81)59(53-76)89-73/h17-18,49,51,57-61,63-74,76-79,81-87H,3-16,19-48,50,52-56H2,1-2H3,(H,75,80)/b18-17-,51-49+. The highest BCUT2D eigenvalue weighted by Crippen LogP contribution is 2.33. The number of carbonyl (C=O) groups excluding carboxylic acids is 1. The minimum Gasteiger partial charge on any atom is -0.394 e. The topological polar surface area (TPSA) is 307 Å². The zero-order valence-corrected chi connectivity index (χ0v) is 58.3. The molecule has 17 unspecified atom stereocenters. The van der Waals surface area contributed by atoms with Gasteiger partial charge in [-0.1, -0.05) is 282 Å². The monoisotopic (exact) mass is 1330 g/mol. The summed E-state index contributed by atoms with van der Waals surface area (Å²) in [5.74, 6) is -0.273. The number of rotatable bonds is 60. The Morgan fingerprint density at radius 3 is 1.04 bits per heavy atom. The van der Waals surface area contributed by atoms with E-state index in [-0.39, 0.29) is 18.9 Å². The van der Waals surface area contributed by atoms with Gasteiger partial charge in [0.1, 0.15) is 73.2 Å². The molecular weight excluding hydrogens is 1190 g/mol. The van der Waals surface area contributed by atoms with Gasteiger partial charge in [0.05, 0.1) is 38.6 Å². The predicted molar refractivity (Wildman–Crippen MR) is 365 cm³/mol. The fraction of sp³-hybridized carbons (Fsp3) is 0.932. The van der Waals surface area contributed by atoms with Crippen molar-refractivity contribution in [2.75, 3.05) is 26.4 Å². The lowest BCUT2D eigenvalue weighted by Gasteiger charge is -2.48. The second kappa shape index (κ2) is 56.1. The van der Waals surface area contributed by atoms with Crippen LogP contribution in [0.1, 0.15) is 309 Å². The Bertz CT molecular complexity index is 1780. The average molecular weight is 1330 g/mol. The van der Waals surface area contributed by atoms with Crippen molar-refractivity contribution in [1.29, 1.82) is 0 Å². The summed E-state index contributed by atoms with van der Waals surface area (Å²) in [6.07, 6.45) is 39.5. The maximum absolute atomic E-state index is 13.4. The van der Waals surface area contributed by atoms with E-state index in [0.717, 1.165) is 44.9 Å². The Labute approximate surface area is 562 Å². The van der Waals surface area contributed by atoms with E-state index < -0.39 is 124 Å². The van der Waals surface area contributed by atoms with E-state index >= 15 is 0 Å². The normalized spacial score (nSPS) is 27.6. The number of allylic oxidation sites excluding steroid dienone is 3. The molecule has 0 bridgehead atoms. The van der Waals surface area contributed by atoms with Crippen LogP contribution in [0.5, 0.6) is 0 Å². The van der Waals surface area contributed by atoms with Gasteiger partial charge in [0, 0.05) is 6.42 Å². The largest absolute Gasteiger partial charge is 0.394 e. The summed E-state index contributed by atoms with van der Waals surface area (Å²) >= 11 is 0. The van der Waals surface area contributed by atoms with Gasteiger partial charge < -0.3 is 89.9 Å². The summed E-state index contributed by atoms with van der Waals surface area (Å²) in [5.41, 5.74) is 0. The summed E-state index contributed by atoms with van der Waals surface area (Å²) in [7, 11) is 0. The molecule has 0 aliphatic carbocycles. The number of nitrogens with one attached hydrogen (secondary N) is 1. The van der Waals surface area contributed by atoms with Gasteiger partial charge in [-0.2, -0.15) is 0 Å². The van der Waals surface area contributed by atoms with Crippen molar-refractivity contribution in [1.82, 2.24) is 5.32 Å². The van der Waals surface area contributed by atoms with Gasteiger partial charge in [0.2, 0.25) is 5.91 Å². The van der Waals surface area contributed by atoms with Gasteiger partial charge in [-0.15, -0.1) is 0 Å². The van der Waals surface area contributed by atoms with E-state index in [1.54, 1.807) is 6.08 Å². The average Bonchev–Trinajstić information content (AvgIpc) is 0.900. The highest BCUT2D eigenvalue weighted by atomic mass is 16.8. The van der Waals surface area contributed by atoms with Gasteiger partial charge in [-0.05, 0) is 44.9 Å². The number of aliphatic hydroxyl groups excluding tert-OH is 11. The Hall–Kier alpha value is -1.73. The van der Waals surface area contributed by atoms with Gasteiger partial charge in [0.15, 0.2) is 18.9 Å². The van der Waals surface area contributed by atoms with E-state index in [4.69, 9.17) is 28.4 Å². The molecule has 1 amide bonds. The fourth-order valence-corrected chi connectivity index (χ4v) is 13.1. The number of ether oxygens (including phenoxy) is 6. The van der Waals surface area contributed by atoms with Crippen LogP contribution in [-0.2, 0) is 33.2 Å². The van der Waals surface area contributed by atoms with E-state index in [2.05, 4.69) is 31.3 Å². The van der Waals surface area contributed by atoms with Gasteiger partial charge >= 0.3 is 0 Å². The zero-order valence-electron chi connectivity index (χ0n) is 58.3. The van der Waals surface area contributed by atoms with Crippen LogP contribution in [-0.4, -0.2) is 193 Å². The van der Waals surface area contributed by atoms with E-state index in [1.807, 2.05) is 6.08 Å². The molecule has 3 aliphatic heterocycles. The zero-order chi connectivity index (χ0) is 67.5. The first kappa shape index (κ1) is 85.5. The smallest absolute Gasteiger partial charge is 0.220 e. The molecule has 3 aliphatic rings. The van der Waals surface area contributed by atoms with Crippen molar-refractivity contribution in [2.24, 2.45) is 0 Å². The molecule has 548 valence electrons. The molecule has 0 saturated carbocycles. The third kappa shape index (κ3) is 37.3. The van der Waals surface area contributed by atoms with Crippen LogP contribution in [0, 0.1) is 0 Å². The fourth-order valence-electron chi connectivity index (χ4n) is 13.1. The van der Waals surface area contributed by atoms with Crippen LogP contribution in [0.3, 0.4) is 0 Å². The minimum absolute atomic E-state index is 0.248. The molecule has 0 radical (unpaired) electrons. The minimum atomic E-state index is -1.98. The van der Waals surface area contributed by atoms with Crippen LogP contribution >= 0.6 is 0 Å². The summed E-state index contributed by atoms with van der Waals surface area (Å²) in [6.45, 7) is 1.71. The molecule has 19 heteroatoms. The first-order valence-electron chi connectivity index (χ1n) is 38.1.